The third kappa shape index (κ3) is 26.6. The molecule has 2 aromatic heterocycles. The number of carbonyl (C=O) groups is 3. The van der Waals surface area contributed by atoms with E-state index in [4.69, 9.17) is 10.5 Å². The highest BCUT2D eigenvalue weighted by atomic mass is 32.2. The normalized spacial score (nSPS) is 20.1. The van der Waals surface area contributed by atoms with Crippen molar-refractivity contribution in [1.82, 2.24) is 48.6 Å². The van der Waals surface area contributed by atoms with Crippen molar-refractivity contribution in [2.75, 3.05) is 37.8 Å². The number of thioether (sulfide) groups is 1. The summed E-state index contributed by atoms with van der Waals surface area (Å²) in [7, 11) is -17.4. The van der Waals surface area contributed by atoms with E-state index in [9.17, 15) is 57.9 Å². The minimum atomic E-state index is -5.91. The number of phosphoric acid groups is 3. The van der Waals surface area contributed by atoms with Crippen molar-refractivity contribution in [3.8, 4) is 0 Å². The second-order valence-corrected chi connectivity index (χ2v) is 21.4. The molecule has 4 unspecified atom stereocenters. The number of hydrogen-bond acceptors (Lipinski definition) is 21. The topological polar surface area (TPSA) is 482 Å². The van der Waals surface area contributed by atoms with Crippen molar-refractivity contribution in [3.05, 3.63) is 85.6 Å². The van der Waals surface area contributed by atoms with Crippen LogP contribution in [0.25, 0.3) is 11.2 Å². The van der Waals surface area contributed by atoms with E-state index in [-0.39, 0.29) is 60.1 Å². The second kappa shape index (κ2) is 35.3. The molecule has 19 N–H and O–H groups in total. The summed E-state index contributed by atoms with van der Waals surface area (Å²) >= 11 is 1.08. The van der Waals surface area contributed by atoms with Gasteiger partial charge in [-0.2, -0.15) is 0 Å². The first-order valence-corrected chi connectivity index (χ1v) is 27.9. The molecule has 0 saturated carbocycles. The van der Waals surface area contributed by atoms with Crippen molar-refractivity contribution in [2.24, 2.45) is 5.41 Å². The molecule has 0 bridgehead atoms. The molecule has 0 spiro atoms. The van der Waals surface area contributed by atoms with Gasteiger partial charge in [-0.05, 0) is 44.9 Å². The number of nitrogens with two attached hydrogens (primary N) is 1. The fourth-order valence-electron chi connectivity index (χ4n) is 6.19. The van der Waals surface area contributed by atoms with Crippen LogP contribution in [0.1, 0.15) is 84.8 Å². The summed E-state index contributed by atoms with van der Waals surface area (Å²) < 4.78 is 61.2. The van der Waals surface area contributed by atoms with Gasteiger partial charge in [0, 0.05) is 37.1 Å². The van der Waals surface area contributed by atoms with Crippen LogP contribution in [0.15, 0.2) is 85.6 Å². The highest BCUT2D eigenvalue weighted by molar-refractivity contribution is 8.13. The van der Waals surface area contributed by atoms with Gasteiger partial charge >= 0.3 is 0 Å². The maximum atomic E-state index is 12.7. The van der Waals surface area contributed by atoms with E-state index in [0.29, 0.717) is 18.6 Å². The second-order valence-electron chi connectivity index (χ2n) is 16.2. The molecule has 2 aromatic rings. The fraction of sp³-hybridized carbons (Fsp3) is 0.535. The van der Waals surface area contributed by atoms with Gasteiger partial charge in [0.15, 0.2) is 22.8 Å². The maximum absolute atomic E-state index is 12.7. The van der Waals surface area contributed by atoms with Gasteiger partial charge in [-0.25, -0.2) is 19.3 Å². The molecule has 3 heterocycles. The van der Waals surface area contributed by atoms with Crippen LogP contribution in [0.5, 0.6) is 0 Å². The summed E-state index contributed by atoms with van der Waals surface area (Å²) in [5.74, 6) is -1.20. The molecule has 31 heteroatoms. The van der Waals surface area contributed by atoms with Gasteiger partial charge in [0.1, 0.15) is 36.3 Å². The molecule has 420 valence electrons. The first-order valence-electron chi connectivity index (χ1n) is 22.4. The predicted octanol–water partition coefficient (Wildman–Crippen LogP) is 4.38. The lowest BCUT2D eigenvalue weighted by atomic mass is 9.87. The van der Waals surface area contributed by atoms with E-state index >= 15 is 0 Å². The van der Waals surface area contributed by atoms with Crippen molar-refractivity contribution >= 4 is 69.1 Å². The Labute approximate surface area is 434 Å². The van der Waals surface area contributed by atoms with Gasteiger partial charge in [0.05, 0.1) is 19.5 Å². The largest absolute Gasteiger partial charge is 0.756 e. The first kappa shape index (κ1) is 69.9. The molecule has 0 radical (unpaired) electrons. The number of hydrogen-bond donors (Lipinski definition) is 9. The van der Waals surface area contributed by atoms with Crippen LogP contribution in [0, 0.1) is 5.41 Å². The number of amides is 2. The number of fused-ring (bicyclic) bond motifs is 1. The van der Waals surface area contributed by atoms with Crippen LogP contribution in [-0.4, -0.2) is 108 Å². The van der Waals surface area contributed by atoms with E-state index in [1.165, 1.54) is 13.8 Å². The van der Waals surface area contributed by atoms with Crippen LogP contribution in [0.3, 0.4) is 0 Å². The standard InChI is InChI=1S/C43H66N7O17P3S.3H3N/c1-4-5-6-7-8-9-10-11-12-13-14-15-16-17-18-19-20-21-22-23-34(52)71-27-26-45-33(51)24-25-46-41(55)38(54)43(2,3)29-64-70(61,62)67-69(59,60)63-28-32-37(66-68(56,57)58)36(53)42(65-32)50-31-49-35-39(44)47-30-48-40(35)50;;;/h5-6,8-9,11-12,14-15,17-18,20-21,30-32,36-38,42,53-54H,4,7,10,13,16,19,22-29H2,1-3H3,(H,45,51)(H,46,55)(H,59,60)(H,61,62)(H2,44,47,48)(H2,56,57,58);3*1H3/b6-5-,9-8-,12-11-,15-14-,18-17-,21-20-;;;/t32-,36?,37+,38+,42-;;;/m1.../s1. The Morgan fingerprint density at radius 2 is 1.41 bits per heavy atom. The van der Waals surface area contributed by atoms with Gasteiger partial charge in [-0.3, -0.25) is 32.6 Å². The number of imidazole rings is 1. The van der Waals surface area contributed by atoms with Crippen LogP contribution in [0.4, 0.5) is 5.82 Å². The zero-order chi connectivity index (χ0) is 52.5. The Morgan fingerprint density at radius 3 is 1.97 bits per heavy atom. The number of rotatable bonds is 33. The zero-order valence-corrected chi connectivity index (χ0v) is 46.0. The number of anilines is 1. The molecule has 1 saturated heterocycles. The average Bonchev–Trinajstić information content (AvgIpc) is 3.86. The van der Waals surface area contributed by atoms with Crippen molar-refractivity contribution in [2.45, 2.75) is 109 Å². The number of phosphoric ester groups is 3. The number of aliphatic hydroxyl groups excluding tert-OH is 2. The van der Waals surface area contributed by atoms with Crippen LogP contribution in [-0.2, 0) is 50.7 Å². The summed E-state index contributed by atoms with van der Waals surface area (Å²) in [6, 6.07) is 0. The number of carbonyl (C=O) groups excluding carboxylic acids is 3. The molecule has 3 rings (SSSR count). The van der Waals surface area contributed by atoms with Crippen LogP contribution in [0.2, 0.25) is 0 Å². The Hall–Kier alpha value is -4.12. The molecule has 74 heavy (non-hydrogen) atoms. The lowest BCUT2D eigenvalue weighted by molar-refractivity contribution is -0.247. The quantitative estimate of drug-likeness (QED) is 0.0272. The van der Waals surface area contributed by atoms with Gasteiger partial charge in [0.25, 0.3) is 23.5 Å². The van der Waals surface area contributed by atoms with E-state index in [1.807, 2.05) is 12.2 Å². The predicted molar refractivity (Wildman–Crippen MR) is 276 cm³/mol. The molecule has 0 aromatic carbocycles. The van der Waals surface area contributed by atoms with Crippen molar-refractivity contribution < 1.29 is 80.5 Å². The van der Waals surface area contributed by atoms with Crippen molar-refractivity contribution in [1.29, 1.82) is 0 Å². The first-order chi connectivity index (χ1) is 33.6. The van der Waals surface area contributed by atoms with Crippen LogP contribution < -0.4 is 49.5 Å². The summed E-state index contributed by atoms with van der Waals surface area (Å²) in [5.41, 5.74) is 4.12. The lowest BCUT2D eigenvalue weighted by Crippen LogP contribution is -2.46. The molecule has 1 aliphatic heterocycles. The van der Waals surface area contributed by atoms with Gasteiger partial charge in [-0.15, -0.1) is 0 Å². The molecular weight excluding hydrogens is 1050 g/mol. The van der Waals surface area contributed by atoms with Crippen molar-refractivity contribution in [3.63, 3.8) is 0 Å². The highest BCUT2D eigenvalue weighted by Crippen LogP contribution is 2.56. The molecular formula is C43H75N10O17P3S. The van der Waals surface area contributed by atoms with E-state index in [1.54, 1.807) is 0 Å². The number of nitrogens with zero attached hydrogens (tertiary/aromatic N) is 4. The minimum Gasteiger partial charge on any atom is -0.756 e. The Balaban J connectivity index is 0.0000178. The number of aromatic nitrogens is 4. The fourth-order valence-corrected chi connectivity index (χ4v) is 9.63. The summed E-state index contributed by atoms with van der Waals surface area (Å²) in [6.45, 7) is 2.25. The maximum Gasteiger partial charge on any atom is 0.274 e. The monoisotopic (exact) mass is 1130 g/mol. The van der Waals surface area contributed by atoms with E-state index in [2.05, 4.69) is 111 Å². The van der Waals surface area contributed by atoms with Gasteiger partial charge in [-0.1, -0.05) is 105 Å². The minimum absolute atomic E-state index is 0. The smallest absolute Gasteiger partial charge is 0.274 e. The van der Waals surface area contributed by atoms with Crippen LogP contribution >= 0.6 is 35.2 Å². The number of aliphatic hydroxyl groups is 2. The van der Waals surface area contributed by atoms with Gasteiger partial charge < -0.3 is 82.9 Å². The number of quaternary nitrogens is 3. The molecule has 2 amide bonds. The number of ether oxygens (including phenoxy) is 1. The number of nitrogen functional groups attached to an aromatic ring is 1. The van der Waals surface area contributed by atoms with E-state index < -0.39 is 84.6 Å². The molecule has 1 aliphatic rings. The molecule has 1 fully saturated rings. The average molecular weight is 1130 g/mol. The van der Waals surface area contributed by atoms with E-state index in [0.717, 1.165) is 67.5 Å². The SMILES string of the molecule is CC/C=C\C/C=C\C/C=C\C/C=C\C/C=C\C/C=C\CCC(=O)SCCNC(=O)CCNC(=O)[C@H](O)C(C)(C)COP(=O)([O-])OP(=O)([O-])OC[C@H]1O[C@@H](n2cnc3c(N)ncnc32)C(O)[C@H]1OP(=O)([O-])O.[NH4+].[NH4+].[NH4+]. The molecule has 0 aliphatic carbocycles. The molecule has 27 nitrogen and oxygen atoms in total. The highest BCUT2D eigenvalue weighted by Gasteiger charge is 2.48. The van der Waals surface area contributed by atoms with Gasteiger partial charge in [0.2, 0.25) is 11.8 Å². The zero-order valence-electron chi connectivity index (χ0n) is 42.5. The summed E-state index contributed by atoms with van der Waals surface area (Å²) in [5, 5.41) is 26.4. The third-order valence-corrected chi connectivity index (χ3v) is 13.8. The summed E-state index contributed by atoms with van der Waals surface area (Å²) in [6.07, 6.45) is 24.3. The Morgan fingerprint density at radius 1 is 0.851 bits per heavy atom. The summed E-state index contributed by atoms with van der Waals surface area (Å²) in [4.78, 5) is 94.9. The number of nitrogens with one attached hydrogen (secondary N) is 2. The Kier molecular flexibility index (Phi) is 33.3. The molecule has 8 atom stereocenters. The Bertz CT molecular complexity index is 2370. The third-order valence-electron chi connectivity index (χ3n) is 9.86. The lowest BCUT2D eigenvalue weighted by Gasteiger charge is -2.35. The number of allylic oxidation sites excluding steroid dienone is 12.